The van der Waals surface area contributed by atoms with E-state index >= 15 is 0 Å². The van der Waals surface area contributed by atoms with Crippen LogP contribution in [0, 0.1) is 0 Å². The van der Waals surface area contributed by atoms with Crippen molar-refractivity contribution in [3.8, 4) is 0 Å². The van der Waals surface area contributed by atoms with Crippen molar-refractivity contribution in [1.29, 1.82) is 0 Å². The van der Waals surface area contributed by atoms with Gasteiger partial charge in [0.1, 0.15) is 5.01 Å². The Morgan fingerprint density at radius 1 is 1.53 bits per heavy atom. The first kappa shape index (κ1) is 12.4. The molecule has 0 aliphatic carbocycles. The molecule has 3 rings (SSSR count). The molecule has 6 heteroatoms. The van der Waals surface area contributed by atoms with E-state index in [1.54, 1.807) is 11.3 Å². The first-order valence-corrected chi connectivity index (χ1v) is 7.15. The third-order valence-electron chi connectivity index (χ3n) is 3.50. The van der Waals surface area contributed by atoms with E-state index in [1.165, 1.54) is 4.70 Å². The van der Waals surface area contributed by atoms with E-state index < -0.39 is 0 Å². The van der Waals surface area contributed by atoms with Crippen LogP contribution in [0.2, 0.25) is 0 Å². The monoisotopic (exact) mass is 276 g/mol. The van der Waals surface area contributed by atoms with Crippen molar-refractivity contribution in [2.24, 2.45) is 10.9 Å². The molecule has 2 aromatic rings. The van der Waals surface area contributed by atoms with Crippen LogP contribution in [0.1, 0.15) is 17.8 Å². The van der Waals surface area contributed by atoms with E-state index in [-0.39, 0.29) is 6.04 Å². The number of hydrogen-bond acceptors (Lipinski definition) is 5. The minimum absolute atomic E-state index is 0.0389. The molecule has 0 bridgehead atoms. The highest BCUT2D eigenvalue weighted by atomic mass is 32.1. The Morgan fingerprint density at radius 2 is 2.37 bits per heavy atom. The molecule has 1 aliphatic heterocycles. The number of thiazole rings is 1. The second-order valence-corrected chi connectivity index (χ2v) is 5.84. The Balaban J connectivity index is 1.80. The summed E-state index contributed by atoms with van der Waals surface area (Å²) in [6, 6.07) is 8.18. The second-order valence-electron chi connectivity index (χ2n) is 4.73. The number of oxime groups is 1. The van der Waals surface area contributed by atoms with Gasteiger partial charge < -0.3 is 10.9 Å². The maximum absolute atomic E-state index is 8.82. The number of para-hydroxylation sites is 1. The minimum atomic E-state index is 0.0389. The van der Waals surface area contributed by atoms with Crippen molar-refractivity contribution < 1.29 is 5.21 Å². The number of fused-ring (bicyclic) bond motifs is 1. The lowest BCUT2D eigenvalue weighted by Crippen LogP contribution is -2.40. The van der Waals surface area contributed by atoms with E-state index in [1.807, 2.05) is 18.2 Å². The summed E-state index contributed by atoms with van der Waals surface area (Å²) in [5.74, 6) is 0.304. The Kier molecular flexibility index (Phi) is 3.35. The van der Waals surface area contributed by atoms with Crippen molar-refractivity contribution in [2.45, 2.75) is 25.4 Å². The van der Waals surface area contributed by atoms with Crippen LogP contribution >= 0.6 is 11.3 Å². The average Bonchev–Trinajstić information content (AvgIpc) is 3.04. The summed E-state index contributed by atoms with van der Waals surface area (Å²) in [6.07, 6.45) is 2.02. The largest absolute Gasteiger partial charge is 0.409 e. The van der Waals surface area contributed by atoms with Gasteiger partial charge in [0, 0.05) is 0 Å². The third kappa shape index (κ3) is 2.41. The lowest BCUT2D eigenvalue weighted by atomic mass is 10.2. The molecule has 1 aromatic heterocycles. The molecule has 0 radical (unpaired) electrons. The summed E-state index contributed by atoms with van der Waals surface area (Å²) in [5, 5.41) is 13.0. The summed E-state index contributed by atoms with van der Waals surface area (Å²) >= 11 is 1.71. The maximum Gasteiger partial charge on any atom is 0.156 e. The van der Waals surface area contributed by atoms with Crippen LogP contribution in [-0.4, -0.2) is 33.5 Å². The lowest BCUT2D eigenvalue weighted by molar-refractivity contribution is 0.274. The number of rotatable bonds is 3. The average molecular weight is 276 g/mol. The zero-order chi connectivity index (χ0) is 13.2. The Bertz CT molecular complexity index is 576. The van der Waals surface area contributed by atoms with Gasteiger partial charge in [-0.1, -0.05) is 17.3 Å². The molecule has 100 valence electrons. The lowest BCUT2D eigenvalue weighted by Gasteiger charge is -2.21. The fourth-order valence-corrected chi connectivity index (χ4v) is 3.57. The predicted molar refractivity (Wildman–Crippen MR) is 76.5 cm³/mol. The van der Waals surface area contributed by atoms with Gasteiger partial charge in [0.15, 0.2) is 5.84 Å². The molecule has 1 saturated heterocycles. The van der Waals surface area contributed by atoms with Crippen molar-refractivity contribution in [1.82, 2.24) is 9.88 Å². The first-order valence-electron chi connectivity index (χ1n) is 6.34. The van der Waals surface area contributed by atoms with Crippen molar-refractivity contribution in [2.75, 3.05) is 6.54 Å². The van der Waals surface area contributed by atoms with Crippen molar-refractivity contribution in [3.05, 3.63) is 29.3 Å². The Hall–Kier alpha value is -1.66. The number of aromatic nitrogens is 1. The summed E-state index contributed by atoms with van der Waals surface area (Å²) in [5.41, 5.74) is 6.78. The van der Waals surface area contributed by atoms with Crippen molar-refractivity contribution >= 4 is 27.4 Å². The summed E-state index contributed by atoms with van der Waals surface area (Å²) in [4.78, 5) is 6.86. The van der Waals surface area contributed by atoms with Gasteiger partial charge in [-0.05, 0) is 31.5 Å². The van der Waals surface area contributed by atoms with E-state index in [4.69, 9.17) is 10.9 Å². The van der Waals surface area contributed by atoms with Gasteiger partial charge in [-0.2, -0.15) is 0 Å². The quantitative estimate of drug-likeness (QED) is 0.389. The molecule has 1 unspecified atom stereocenters. The van der Waals surface area contributed by atoms with Gasteiger partial charge in [-0.15, -0.1) is 11.3 Å². The topological polar surface area (TPSA) is 74.7 Å². The number of likely N-dealkylation sites (tertiary alicyclic amines) is 1. The van der Waals surface area contributed by atoms with E-state index in [0.717, 1.165) is 36.5 Å². The Morgan fingerprint density at radius 3 is 3.16 bits per heavy atom. The van der Waals surface area contributed by atoms with Crippen LogP contribution < -0.4 is 5.73 Å². The van der Waals surface area contributed by atoms with Crippen LogP contribution in [0.5, 0.6) is 0 Å². The molecule has 0 amide bonds. The van der Waals surface area contributed by atoms with Gasteiger partial charge in [-0.25, -0.2) is 4.98 Å². The van der Waals surface area contributed by atoms with Crippen LogP contribution in [0.4, 0.5) is 0 Å². The fourth-order valence-electron chi connectivity index (χ4n) is 2.58. The number of nitrogens with zero attached hydrogens (tertiary/aromatic N) is 3. The minimum Gasteiger partial charge on any atom is -0.409 e. The second kappa shape index (κ2) is 5.14. The molecule has 19 heavy (non-hydrogen) atoms. The van der Waals surface area contributed by atoms with E-state index in [0.29, 0.717) is 5.84 Å². The normalized spacial score (nSPS) is 21.3. The summed E-state index contributed by atoms with van der Waals surface area (Å²) in [7, 11) is 0. The van der Waals surface area contributed by atoms with Gasteiger partial charge in [0.2, 0.25) is 0 Å². The van der Waals surface area contributed by atoms with Gasteiger partial charge in [0.05, 0.1) is 22.8 Å². The Labute approximate surface area is 115 Å². The molecule has 0 spiro atoms. The summed E-state index contributed by atoms with van der Waals surface area (Å²) < 4.78 is 1.21. The highest BCUT2D eigenvalue weighted by molar-refractivity contribution is 7.18. The van der Waals surface area contributed by atoms with Gasteiger partial charge in [0.25, 0.3) is 0 Å². The van der Waals surface area contributed by atoms with Crippen LogP contribution in [0.25, 0.3) is 10.2 Å². The van der Waals surface area contributed by atoms with E-state index in [9.17, 15) is 0 Å². The van der Waals surface area contributed by atoms with Crippen LogP contribution in [0.3, 0.4) is 0 Å². The highest BCUT2D eigenvalue weighted by Crippen LogP contribution is 2.26. The molecule has 0 saturated carbocycles. The summed E-state index contributed by atoms with van der Waals surface area (Å²) in [6.45, 7) is 1.73. The standard InChI is InChI=1S/C13H16N4OS/c14-13(16-18)10-5-3-7-17(10)8-12-15-9-4-1-2-6-11(9)19-12/h1-2,4,6,10,18H,3,5,7-8H2,(H2,14,16). The smallest absolute Gasteiger partial charge is 0.156 e. The number of hydrogen-bond donors (Lipinski definition) is 2. The molecular weight excluding hydrogens is 260 g/mol. The number of benzene rings is 1. The predicted octanol–water partition coefficient (Wildman–Crippen LogP) is 2.01. The number of nitrogens with two attached hydrogens (primary N) is 1. The third-order valence-corrected chi connectivity index (χ3v) is 4.52. The molecule has 5 nitrogen and oxygen atoms in total. The van der Waals surface area contributed by atoms with Gasteiger partial charge >= 0.3 is 0 Å². The highest BCUT2D eigenvalue weighted by Gasteiger charge is 2.28. The zero-order valence-corrected chi connectivity index (χ0v) is 11.3. The van der Waals surface area contributed by atoms with Crippen LogP contribution in [0.15, 0.2) is 29.4 Å². The molecule has 3 N–H and O–H groups in total. The molecular formula is C13H16N4OS. The molecule has 1 fully saturated rings. The number of amidine groups is 1. The van der Waals surface area contributed by atoms with Crippen molar-refractivity contribution in [3.63, 3.8) is 0 Å². The zero-order valence-electron chi connectivity index (χ0n) is 10.5. The van der Waals surface area contributed by atoms with Gasteiger partial charge in [-0.3, -0.25) is 4.90 Å². The fraction of sp³-hybridized carbons (Fsp3) is 0.385. The molecule has 2 heterocycles. The molecule has 1 aromatic carbocycles. The SMILES string of the molecule is N/C(=N/O)C1CCCN1Cc1nc2ccccc2s1. The maximum atomic E-state index is 8.82. The molecule has 1 atom stereocenters. The van der Waals surface area contributed by atoms with Crippen LogP contribution in [-0.2, 0) is 6.54 Å². The molecule has 1 aliphatic rings. The van der Waals surface area contributed by atoms with E-state index in [2.05, 4.69) is 21.1 Å². The first-order chi connectivity index (χ1) is 9.28.